The van der Waals surface area contributed by atoms with Crippen LogP contribution in [0.1, 0.15) is 34.3 Å². The van der Waals surface area contributed by atoms with Gasteiger partial charge in [0.15, 0.2) is 5.78 Å². The molecule has 0 saturated heterocycles. The zero-order chi connectivity index (χ0) is 15.7. The first-order chi connectivity index (χ1) is 10.6. The third-order valence-electron chi connectivity index (χ3n) is 4.04. The summed E-state index contributed by atoms with van der Waals surface area (Å²) in [5, 5.41) is 0.607. The molecule has 2 nitrogen and oxygen atoms in total. The lowest BCUT2D eigenvalue weighted by atomic mass is 9.86. The predicted octanol–water partition coefficient (Wildman–Crippen LogP) is 5.05. The summed E-state index contributed by atoms with van der Waals surface area (Å²) in [6, 6.07) is 3.99. The van der Waals surface area contributed by atoms with Gasteiger partial charge >= 0.3 is 0 Å². The third-order valence-corrected chi connectivity index (χ3v) is 5.19. The highest BCUT2D eigenvalue weighted by Crippen LogP contribution is 2.38. The summed E-state index contributed by atoms with van der Waals surface area (Å²) in [7, 11) is 0. The topological polar surface area (TPSA) is 26.3 Å². The van der Waals surface area contributed by atoms with E-state index < -0.39 is 0 Å². The van der Waals surface area contributed by atoms with Crippen LogP contribution in [0.2, 0.25) is 0 Å². The largest absolute Gasteiger partial charge is 0.493 e. The number of carbonyl (C=O) groups excluding carboxylic acids is 1. The summed E-state index contributed by atoms with van der Waals surface area (Å²) in [5.74, 6) is 0.938. The molecule has 2 aliphatic rings. The van der Waals surface area contributed by atoms with Crippen LogP contribution < -0.4 is 4.74 Å². The normalized spacial score (nSPS) is 22.8. The highest BCUT2D eigenvalue weighted by atomic mass is 79.9. The summed E-state index contributed by atoms with van der Waals surface area (Å²) in [4.78, 5) is 12.2. The maximum absolute atomic E-state index is 12.3. The molecular formula is C18H16BrClO2. The van der Waals surface area contributed by atoms with Crippen molar-refractivity contribution in [3.63, 3.8) is 0 Å². The fourth-order valence-corrected chi connectivity index (χ4v) is 3.38. The van der Waals surface area contributed by atoms with E-state index in [1.165, 1.54) is 5.57 Å². The highest BCUT2D eigenvalue weighted by molar-refractivity contribution is 9.10. The van der Waals surface area contributed by atoms with E-state index in [0.717, 1.165) is 41.7 Å². The molecule has 0 radical (unpaired) electrons. The van der Waals surface area contributed by atoms with Crippen LogP contribution in [0.25, 0.3) is 5.57 Å². The first kappa shape index (κ1) is 15.6. The summed E-state index contributed by atoms with van der Waals surface area (Å²) < 4.78 is 5.75. The average Bonchev–Trinajstić information content (AvgIpc) is 2.54. The van der Waals surface area contributed by atoms with Gasteiger partial charge < -0.3 is 4.74 Å². The Labute approximate surface area is 143 Å². The van der Waals surface area contributed by atoms with Crippen molar-refractivity contribution < 1.29 is 9.53 Å². The van der Waals surface area contributed by atoms with Crippen LogP contribution in [0.5, 0.6) is 5.75 Å². The Kier molecular flexibility index (Phi) is 4.55. The number of ether oxygens (including phenoxy) is 1. The number of alkyl halides is 1. The van der Waals surface area contributed by atoms with Gasteiger partial charge in [0.2, 0.25) is 0 Å². The van der Waals surface area contributed by atoms with Crippen molar-refractivity contribution in [1.82, 2.24) is 0 Å². The molecule has 1 aliphatic heterocycles. The second kappa shape index (κ2) is 6.43. The minimum absolute atomic E-state index is 0.0778. The number of rotatable bonds is 2. The molecule has 1 aliphatic carbocycles. The molecule has 0 N–H and O–H groups in total. The Balaban J connectivity index is 2.05. The zero-order valence-corrected chi connectivity index (χ0v) is 14.4. The summed E-state index contributed by atoms with van der Waals surface area (Å²) >= 11 is 9.43. The van der Waals surface area contributed by atoms with Crippen molar-refractivity contribution in [3.05, 3.63) is 58.7 Å². The fourth-order valence-electron chi connectivity index (χ4n) is 2.84. The van der Waals surface area contributed by atoms with Gasteiger partial charge in [-0.15, -0.1) is 0 Å². The van der Waals surface area contributed by atoms with E-state index >= 15 is 0 Å². The van der Waals surface area contributed by atoms with Crippen molar-refractivity contribution in [2.75, 3.05) is 6.61 Å². The minimum Gasteiger partial charge on any atom is -0.493 e. The number of aryl methyl sites for hydroxylation is 1. The molecular weight excluding hydrogens is 364 g/mol. The van der Waals surface area contributed by atoms with E-state index in [2.05, 4.69) is 28.6 Å². The van der Waals surface area contributed by atoms with Crippen molar-refractivity contribution in [2.45, 2.75) is 24.1 Å². The van der Waals surface area contributed by atoms with Gasteiger partial charge in [-0.3, -0.25) is 4.79 Å². The average molecular weight is 380 g/mol. The van der Waals surface area contributed by atoms with Gasteiger partial charge in [0.1, 0.15) is 5.75 Å². The number of benzene rings is 1. The lowest BCUT2D eigenvalue weighted by Crippen LogP contribution is -2.23. The van der Waals surface area contributed by atoms with Crippen LogP contribution in [0, 0.1) is 0 Å². The summed E-state index contributed by atoms with van der Waals surface area (Å²) in [5.41, 5.74) is 4.13. The van der Waals surface area contributed by atoms with Gasteiger partial charge in [0, 0.05) is 22.6 Å². The Morgan fingerprint density at radius 1 is 1.36 bits per heavy atom. The molecule has 3 rings (SSSR count). The van der Waals surface area contributed by atoms with E-state index in [1.54, 1.807) is 6.08 Å². The van der Waals surface area contributed by atoms with Gasteiger partial charge in [0.25, 0.3) is 0 Å². The van der Waals surface area contributed by atoms with Gasteiger partial charge in [-0.1, -0.05) is 46.3 Å². The van der Waals surface area contributed by atoms with Crippen LogP contribution >= 0.6 is 27.5 Å². The molecule has 0 fully saturated rings. The number of allylic oxidation sites excluding steroid dienone is 4. The highest BCUT2D eigenvalue weighted by Gasteiger charge is 2.28. The molecule has 1 atom stereocenters. The Hall–Kier alpha value is -1.32. The maximum Gasteiger partial charge on any atom is 0.176 e. The van der Waals surface area contributed by atoms with Crippen LogP contribution in [-0.4, -0.2) is 17.2 Å². The monoisotopic (exact) mass is 378 g/mol. The lowest BCUT2D eigenvalue weighted by molar-refractivity contribution is 0.0981. The molecule has 4 heteroatoms. The predicted molar refractivity (Wildman–Crippen MR) is 94.0 cm³/mol. The number of Topliss-reactive ketones (excluding diaryl/α,β-unsaturated/α-hetero) is 1. The Bertz CT molecular complexity index is 703. The summed E-state index contributed by atoms with van der Waals surface area (Å²) in [6.45, 7) is 4.26. The van der Waals surface area contributed by atoms with Gasteiger partial charge in [-0.2, -0.15) is 0 Å². The van der Waals surface area contributed by atoms with Crippen molar-refractivity contribution in [1.29, 1.82) is 0 Å². The SMILES string of the molecule is C=C/C(Cl)=C\C=C1/CCOc2cc3c(cc21)CCC(Br)C3=O. The lowest BCUT2D eigenvalue weighted by Gasteiger charge is -2.25. The van der Waals surface area contributed by atoms with Crippen LogP contribution in [0.3, 0.4) is 0 Å². The number of hydrogen-bond acceptors (Lipinski definition) is 2. The second-order valence-corrected chi connectivity index (χ2v) is 6.96. The molecule has 1 aromatic rings. The van der Waals surface area contributed by atoms with Crippen LogP contribution in [0.15, 0.2) is 42.0 Å². The fraction of sp³-hybridized carbons (Fsp3) is 0.278. The standard InChI is InChI=1S/C18H16BrClO2/c1-2-13(20)5-3-11-7-8-22-17-10-15-12(9-14(11)17)4-6-16(19)18(15)21/h2-3,5,9-10,16H,1,4,6-8H2/b11-3+,13-5+. The van der Waals surface area contributed by atoms with Gasteiger partial charge in [0.05, 0.1) is 11.4 Å². The quantitative estimate of drug-likeness (QED) is 0.531. The van der Waals surface area contributed by atoms with Crippen molar-refractivity contribution >= 4 is 38.9 Å². The molecule has 0 saturated carbocycles. The number of halogens is 2. The number of fused-ring (bicyclic) bond motifs is 2. The molecule has 0 amide bonds. The van der Waals surface area contributed by atoms with Crippen molar-refractivity contribution in [2.24, 2.45) is 0 Å². The molecule has 0 bridgehead atoms. The second-order valence-electron chi connectivity index (χ2n) is 5.42. The van der Waals surface area contributed by atoms with Crippen LogP contribution in [0.4, 0.5) is 0 Å². The van der Waals surface area contributed by atoms with Crippen LogP contribution in [-0.2, 0) is 6.42 Å². The van der Waals surface area contributed by atoms with Gasteiger partial charge in [-0.25, -0.2) is 0 Å². The van der Waals surface area contributed by atoms with E-state index in [1.807, 2.05) is 18.2 Å². The van der Waals surface area contributed by atoms with E-state index in [9.17, 15) is 4.79 Å². The molecule has 0 spiro atoms. The number of hydrogen-bond donors (Lipinski definition) is 0. The number of carbonyl (C=O) groups is 1. The Morgan fingerprint density at radius 2 is 2.18 bits per heavy atom. The van der Waals surface area contributed by atoms with Crippen molar-refractivity contribution in [3.8, 4) is 5.75 Å². The molecule has 22 heavy (non-hydrogen) atoms. The molecule has 0 aromatic heterocycles. The third kappa shape index (κ3) is 2.92. The smallest absolute Gasteiger partial charge is 0.176 e. The van der Waals surface area contributed by atoms with E-state index in [0.29, 0.717) is 11.6 Å². The van der Waals surface area contributed by atoms with E-state index in [-0.39, 0.29) is 10.6 Å². The minimum atomic E-state index is -0.0778. The molecule has 1 aromatic carbocycles. The number of ketones is 1. The van der Waals surface area contributed by atoms with E-state index in [4.69, 9.17) is 16.3 Å². The maximum atomic E-state index is 12.3. The van der Waals surface area contributed by atoms with Gasteiger partial charge in [-0.05, 0) is 42.2 Å². The first-order valence-electron chi connectivity index (χ1n) is 7.27. The Morgan fingerprint density at radius 3 is 2.95 bits per heavy atom. The summed E-state index contributed by atoms with van der Waals surface area (Å²) in [6.07, 6.45) is 8.04. The molecule has 1 unspecified atom stereocenters. The first-order valence-corrected chi connectivity index (χ1v) is 8.56. The molecule has 114 valence electrons. The molecule has 1 heterocycles. The zero-order valence-electron chi connectivity index (χ0n) is 12.1.